The molecule has 0 aliphatic heterocycles. The van der Waals surface area contributed by atoms with Crippen LogP contribution in [0, 0.1) is 6.92 Å². The maximum atomic E-state index is 6.24. The Morgan fingerprint density at radius 2 is 1.75 bits per heavy atom. The van der Waals surface area contributed by atoms with Gasteiger partial charge in [0.05, 0.1) is 10.7 Å². The predicted molar refractivity (Wildman–Crippen MR) is 123 cm³/mol. The third-order valence-corrected chi connectivity index (χ3v) is 5.45. The van der Waals surface area contributed by atoms with Crippen LogP contribution in [0.4, 0.5) is 0 Å². The maximum Gasteiger partial charge on any atom is 0.136 e. The Labute approximate surface area is 183 Å². The summed E-state index contributed by atoms with van der Waals surface area (Å²) in [6.07, 6.45) is 3.85. The number of benzene rings is 2. The van der Waals surface area contributed by atoms with Gasteiger partial charge in [-0.1, -0.05) is 53.0 Å². The van der Waals surface area contributed by atoms with Crippen LogP contribution in [0.3, 0.4) is 0 Å². The molecular weight excluding hydrogens is 433 g/mol. The van der Waals surface area contributed by atoms with Crippen molar-refractivity contribution in [1.82, 2.24) is 4.98 Å². The Morgan fingerprint density at radius 3 is 2.54 bits per heavy atom. The van der Waals surface area contributed by atoms with Gasteiger partial charge in [-0.25, -0.2) is 4.98 Å². The van der Waals surface area contributed by atoms with Crippen molar-refractivity contribution < 1.29 is 4.42 Å². The van der Waals surface area contributed by atoms with Gasteiger partial charge in [0.15, 0.2) is 0 Å². The van der Waals surface area contributed by atoms with Crippen LogP contribution in [0.15, 0.2) is 64.4 Å². The number of aryl methyl sites for hydroxylation is 1. The molecule has 2 aromatic heterocycles. The normalized spacial score (nSPS) is 11.0. The average Bonchev–Trinajstić information content (AvgIpc) is 3.32. The second-order valence-electron chi connectivity index (χ2n) is 6.10. The molecule has 4 rings (SSSR count). The second kappa shape index (κ2) is 8.97. The van der Waals surface area contributed by atoms with E-state index in [0.29, 0.717) is 15.8 Å². The van der Waals surface area contributed by atoms with Gasteiger partial charge in [-0.3, -0.25) is 0 Å². The molecule has 0 spiro atoms. The standard InChI is InChI=1S/C22H15Cl2NOS.ClH/c1-14-2-4-15(5-3-14)20-13-27-22(25-20)11-8-17-7-10-21(26-17)18-12-16(23)6-9-19(18)24;/h2-13H,1H3;1H/b11-8+;. The first-order valence-corrected chi connectivity index (χ1v) is 9.98. The molecule has 0 unspecified atom stereocenters. The summed E-state index contributed by atoms with van der Waals surface area (Å²) >= 11 is 13.9. The summed E-state index contributed by atoms with van der Waals surface area (Å²) in [4.78, 5) is 4.67. The van der Waals surface area contributed by atoms with E-state index < -0.39 is 0 Å². The molecule has 0 radical (unpaired) electrons. The molecule has 4 aromatic rings. The van der Waals surface area contributed by atoms with Crippen molar-refractivity contribution in [2.45, 2.75) is 6.92 Å². The zero-order valence-corrected chi connectivity index (χ0v) is 18.0. The topological polar surface area (TPSA) is 26.0 Å². The lowest BCUT2D eigenvalue weighted by Gasteiger charge is -2.00. The Kier molecular flexibility index (Phi) is 6.63. The van der Waals surface area contributed by atoms with Gasteiger partial charge < -0.3 is 4.42 Å². The molecule has 0 amide bonds. The van der Waals surface area contributed by atoms with Crippen molar-refractivity contribution in [2.75, 3.05) is 0 Å². The lowest BCUT2D eigenvalue weighted by molar-refractivity contribution is 0.572. The summed E-state index contributed by atoms with van der Waals surface area (Å²) in [6.45, 7) is 2.08. The summed E-state index contributed by atoms with van der Waals surface area (Å²) in [5.74, 6) is 1.41. The van der Waals surface area contributed by atoms with E-state index in [1.807, 2.05) is 24.3 Å². The van der Waals surface area contributed by atoms with Gasteiger partial charge >= 0.3 is 0 Å². The minimum absolute atomic E-state index is 0. The number of aromatic nitrogens is 1. The van der Waals surface area contributed by atoms with Gasteiger partial charge in [-0.15, -0.1) is 23.7 Å². The SMILES string of the molecule is Cc1ccc(-c2csc(/C=C/c3ccc(-c4cc(Cl)ccc4Cl)o3)n2)cc1.Cl. The summed E-state index contributed by atoms with van der Waals surface area (Å²) < 4.78 is 5.88. The Morgan fingerprint density at radius 1 is 0.964 bits per heavy atom. The molecule has 0 N–H and O–H groups in total. The van der Waals surface area contributed by atoms with Crippen molar-refractivity contribution >= 4 is 59.1 Å². The number of hydrogen-bond acceptors (Lipinski definition) is 3. The van der Waals surface area contributed by atoms with Crippen molar-refractivity contribution in [2.24, 2.45) is 0 Å². The Bertz CT molecular complexity index is 1110. The Hall–Kier alpha value is -2.04. The molecule has 2 nitrogen and oxygen atoms in total. The van der Waals surface area contributed by atoms with Crippen molar-refractivity contribution in [1.29, 1.82) is 0 Å². The molecular formula is C22H16Cl3NOS. The molecule has 0 saturated carbocycles. The van der Waals surface area contributed by atoms with E-state index in [9.17, 15) is 0 Å². The lowest BCUT2D eigenvalue weighted by Crippen LogP contribution is -1.78. The minimum atomic E-state index is 0. The molecule has 0 saturated heterocycles. The monoisotopic (exact) mass is 447 g/mol. The molecule has 6 heteroatoms. The number of rotatable bonds is 4. The van der Waals surface area contributed by atoms with E-state index in [2.05, 4.69) is 41.6 Å². The molecule has 0 aliphatic rings. The molecule has 0 bridgehead atoms. The van der Waals surface area contributed by atoms with Crippen molar-refractivity contribution in [3.63, 3.8) is 0 Å². The third kappa shape index (κ3) is 4.68. The van der Waals surface area contributed by atoms with Gasteiger partial charge in [-0.05, 0) is 49.4 Å². The van der Waals surface area contributed by atoms with E-state index in [1.165, 1.54) is 5.56 Å². The molecule has 0 aliphatic carbocycles. The summed E-state index contributed by atoms with van der Waals surface area (Å²) in [7, 11) is 0. The predicted octanol–water partition coefficient (Wildman–Crippen LogP) is 8.28. The minimum Gasteiger partial charge on any atom is -0.457 e. The van der Waals surface area contributed by atoms with E-state index in [1.54, 1.807) is 29.5 Å². The fourth-order valence-electron chi connectivity index (χ4n) is 2.65. The van der Waals surface area contributed by atoms with Crippen LogP contribution < -0.4 is 0 Å². The highest BCUT2D eigenvalue weighted by Crippen LogP contribution is 2.32. The zero-order valence-electron chi connectivity index (χ0n) is 14.9. The molecule has 0 atom stereocenters. The summed E-state index contributed by atoms with van der Waals surface area (Å²) in [5, 5.41) is 4.20. The first kappa shape index (κ1) is 20.7. The zero-order chi connectivity index (χ0) is 18.8. The summed E-state index contributed by atoms with van der Waals surface area (Å²) in [6, 6.07) is 17.5. The largest absolute Gasteiger partial charge is 0.457 e. The van der Waals surface area contributed by atoms with Crippen LogP contribution >= 0.6 is 46.9 Å². The number of hydrogen-bond donors (Lipinski definition) is 0. The average molecular weight is 449 g/mol. The van der Waals surface area contributed by atoms with Crippen LogP contribution in [-0.2, 0) is 0 Å². The second-order valence-corrected chi connectivity index (χ2v) is 7.83. The Balaban J connectivity index is 0.00000225. The number of thiazole rings is 1. The van der Waals surface area contributed by atoms with Crippen molar-refractivity contribution in [3.8, 4) is 22.6 Å². The van der Waals surface area contributed by atoms with Gasteiger partial charge in [0, 0.05) is 21.5 Å². The van der Waals surface area contributed by atoms with E-state index in [-0.39, 0.29) is 12.4 Å². The van der Waals surface area contributed by atoms with E-state index >= 15 is 0 Å². The highest BCUT2D eigenvalue weighted by molar-refractivity contribution is 7.10. The molecule has 0 fully saturated rings. The van der Waals surface area contributed by atoms with Crippen LogP contribution in [-0.4, -0.2) is 4.98 Å². The van der Waals surface area contributed by atoms with E-state index in [0.717, 1.165) is 27.6 Å². The smallest absolute Gasteiger partial charge is 0.136 e. The molecule has 2 aromatic carbocycles. The third-order valence-electron chi connectivity index (χ3n) is 4.08. The van der Waals surface area contributed by atoms with Gasteiger partial charge in [0.2, 0.25) is 0 Å². The van der Waals surface area contributed by atoms with Gasteiger partial charge in [-0.2, -0.15) is 0 Å². The van der Waals surface area contributed by atoms with Gasteiger partial charge in [0.1, 0.15) is 16.5 Å². The highest BCUT2D eigenvalue weighted by Gasteiger charge is 2.09. The molecule has 142 valence electrons. The van der Waals surface area contributed by atoms with Crippen LogP contribution in [0.2, 0.25) is 10.0 Å². The maximum absolute atomic E-state index is 6.24. The lowest BCUT2D eigenvalue weighted by atomic mass is 10.1. The fourth-order valence-corrected chi connectivity index (χ4v) is 3.75. The number of furan rings is 1. The molecule has 28 heavy (non-hydrogen) atoms. The molecule has 2 heterocycles. The van der Waals surface area contributed by atoms with Crippen LogP contribution in [0.25, 0.3) is 34.7 Å². The first-order chi connectivity index (χ1) is 13.1. The van der Waals surface area contributed by atoms with Crippen LogP contribution in [0.1, 0.15) is 16.3 Å². The summed E-state index contributed by atoms with van der Waals surface area (Å²) in [5.41, 5.74) is 4.11. The number of nitrogens with zero attached hydrogens (tertiary/aromatic N) is 1. The van der Waals surface area contributed by atoms with Gasteiger partial charge in [0.25, 0.3) is 0 Å². The van der Waals surface area contributed by atoms with Crippen LogP contribution in [0.5, 0.6) is 0 Å². The first-order valence-electron chi connectivity index (χ1n) is 8.34. The van der Waals surface area contributed by atoms with E-state index in [4.69, 9.17) is 27.6 Å². The quantitative estimate of drug-likeness (QED) is 0.314. The fraction of sp³-hybridized carbons (Fsp3) is 0.0455. The number of halogens is 3. The highest BCUT2D eigenvalue weighted by atomic mass is 35.5. The van der Waals surface area contributed by atoms with Crippen molar-refractivity contribution in [3.05, 3.63) is 86.4 Å².